The molecule has 3 nitrogen and oxygen atoms in total. The lowest BCUT2D eigenvalue weighted by Gasteiger charge is -2.28. The molecule has 3 heteroatoms. The first-order valence-electron chi connectivity index (χ1n) is 14.3. The van der Waals surface area contributed by atoms with Crippen LogP contribution in [0.25, 0.3) is 11.4 Å². The lowest BCUT2D eigenvalue weighted by molar-refractivity contribution is 0.248. The number of benzene rings is 1. The van der Waals surface area contributed by atoms with Crippen LogP contribution in [0.15, 0.2) is 36.7 Å². The smallest absolute Gasteiger partial charge is 0.159 e. The summed E-state index contributed by atoms with van der Waals surface area (Å²) in [6.45, 7) is 5.33. The van der Waals surface area contributed by atoms with Crippen molar-refractivity contribution in [2.45, 2.75) is 117 Å². The summed E-state index contributed by atoms with van der Waals surface area (Å²) < 4.78 is 5.85. The number of unbranched alkanes of at least 4 members (excludes halogenated alkanes) is 7. The van der Waals surface area contributed by atoms with Crippen LogP contribution in [-0.2, 0) is 6.42 Å². The molecule has 0 spiro atoms. The Morgan fingerprint density at radius 3 is 1.94 bits per heavy atom. The van der Waals surface area contributed by atoms with Gasteiger partial charge in [-0.05, 0) is 60.9 Å². The summed E-state index contributed by atoms with van der Waals surface area (Å²) in [5, 5.41) is 0. The molecule has 1 fully saturated rings. The summed E-state index contributed by atoms with van der Waals surface area (Å²) in [6, 6.07) is 8.21. The van der Waals surface area contributed by atoms with Gasteiger partial charge < -0.3 is 4.74 Å². The first-order valence-corrected chi connectivity index (χ1v) is 14.3. The standard InChI is InChI=1S/C31H48N2O/c1-3-5-7-9-10-12-26-13-15-27(16-14-26)17-18-28-24-32-31(33-25-28)29-19-21-30(22-20-29)34-23-11-8-6-4-2/h19-22,24-27H,3-18,23H2,1-2H3/t26-,27-. The van der Waals surface area contributed by atoms with E-state index in [9.17, 15) is 0 Å². The predicted octanol–water partition coefficient (Wildman–Crippen LogP) is 9.20. The van der Waals surface area contributed by atoms with Crippen molar-refractivity contribution in [2.75, 3.05) is 6.61 Å². The summed E-state index contributed by atoms with van der Waals surface area (Å²) in [5.74, 6) is 3.63. The molecule has 0 N–H and O–H groups in total. The third-order valence-electron chi connectivity index (χ3n) is 7.61. The van der Waals surface area contributed by atoms with Crippen LogP contribution in [0.2, 0.25) is 0 Å². The molecule has 2 aromatic rings. The van der Waals surface area contributed by atoms with Crippen molar-refractivity contribution in [1.82, 2.24) is 9.97 Å². The Balaban J connectivity index is 1.33. The highest BCUT2D eigenvalue weighted by atomic mass is 16.5. The van der Waals surface area contributed by atoms with E-state index in [1.165, 1.54) is 95.5 Å². The highest BCUT2D eigenvalue weighted by Gasteiger charge is 2.20. The largest absolute Gasteiger partial charge is 0.494 e. The molecule has 0 radical (unpaired) electrons. The molecule has 34 heavy (non-hydrogen) atoms. The summed E-state index contributed by atoms with van der Waals surface area (Å²) in [5.41, 5.74) is 2.33. The summed E-state index contributed by atoms with van der Waals surface area (Å²) in [6.07, 6.45) is 25.7. The van der Waals surface area contributed by atoms with Crippen LogP contribution in [-0.4, -0.2) is 16.6 Å². The van der Waals surface area contributed by atoms with E-state index in [1.807, 2.05) is 24.5 Å². The zero-order valence-corrected chi connectivity index (χ0v) is 21.9. The van der Waals surface area contributed by atoms with Crippen LogP contribution in [0.4, 0.5) is 0 Å². The minimum atomic E-state index is 0.797. The van der Waals surface area contributed by atoms with Crippen LogP contribution in [0.5, 0.6) is 5.75 Å². The summed E-state index contributed by atoms with van der Waals surface area (Å²) >= 11 is 0. The fourth-order valence-corrected chi connectivity index (χ4v) is 5.27. The molecule has 0 aliphatic heterocycles. The average molecular weight is 465 g/mol. The fourth-order valence-electron chi connectivity index (χ4n) is 5.27. The summed E-state index contributed by atoms with van der Waals surface area (Å²) in [7, 11) is 0. The third-order valence-corrected chi connectivity index (χ3v) is 7.61. The molecule has 1 aliphatic rings. The topological polar surface area (TPSA) is 35.0 Å². The Morgan fingerprint density at radius 2 is 1.29 bits per heavy atom. The summed E-state index contributed by atoms with van der Waals surface area (Å²) in [4.78, 5) is 9.31. The molecule has 0 bridgehead atoms. The van der Waals surface area contributed by atoms with Gasteiger partial charge in [0.1, 0.15) is 5.75 Å². The number of nitrogens with zero attached hydrogens (tertiary/aromatic N) is 2. The van der Waals surface area contributed by atoms with E-state index in [-0.39, 0.29) is 0 Å². The normalized spacial score (nSPS) is 18.2. The predicted molar refractivity (Wildman–Crippen MR) is 144 cm³/mol. The Bertz CT molecular complexity index is 763. The fraction of sp³-hybridized carbons (Fsp3) is 0.677. The molecule has 1 heterocycles. The Kier molecular flexibility index (Phi) is 12.5. The van der Waals surface area contributed by atoms with E-state index < -0.39 is 0 Å². The first-order chi connectivity index (χ1) is 16.8. The minimum Gasteiger partial charge on any atom is -0.494 e. The maximum Gasteiger partial charge on any atom is 0.159 e. The lowest BCUT2D eigenvalue weighted by Crippen LogP contribution is -2.15. The van der Waals surface area contributed by atoms with E-state index in [4.69, 9.17) is 4.74 Å². The maximum absolute atomic E-state index is 5.85. The zero-order chi connectivity index (χ0) is 23.8. The van der Waals surface area contributed by atoms with Gasteiger partial charge in [0, 0.05) is 18.0 Å². The van der Waals surface area contributed by atoms with Crippen LogP contribution in [0, 0.1) is 11.8 Å². The molecule has 0 unspecified atom stereocenters. The van der Waals surface area contributed by atoms with Crippen molar-refractivity contribution in [3.8, 4) is 17.1 Å². The van der Waals surface area contributed by atoms with Crippen molar-refractivity contribution in [1.29, 1.82) is 0 Å². The maximum atomic E-state index is 5.85. The number of hydrogen-bond donors (Lipinski definition) is 0. The van der Waals surface area contributed by atoms with Crippen LogP contribution < -0.4 is 4.74 Å². The molecular formula is C31H48N2O. The van der Waals surface area contributed by atoms with Gasteiger partial charge in [-0.15, -0.1) is 0 Å². The Labute approximate surface area is 209 Å². The number of aromatic nitrogens is 2. The van der Waals surface area contributed by atoms with Crippen molar-refractivity contribution in [3.05, 3.63) is 42.2 Å². The van der Waals surface area contributed by atoms with E-state index in [1.54, 1.807) is 0 Å². The molecule has 1 aromatic carbocycles. The van der Waals surface area contributed by atoms with E-state index in [0.717, 1.165) is 48.4 Å². The molecule has 0 saturated heterocycles. The molecule has 1 saturated carbocycles. The number of ether oxygens (including phenoxy) is 1. The van der Waals surface area contributed by atoms with Gasteiger partial charge in [0.05, 0.1) is 6.61 Å². The van der Waals surface area contributed by atoms with E-state index in [2.05, 4.69) is 35.9 Å². The molecule has 1 aliphatic carbocycles. The highest BCUT2D eigenvalue weighted by Crippen LogP contribution is 2.34. The molecule has 0 atom stereocenters. The number of rotatable bonds is 16. The highest BCUT2D eigenvalue weighted by molar-refractivity contribution is 5.55. The van der Waals surface area contributed by atoms with Crippen LogP contribution in [0.3, 0.4) is 0 Å². The van der Waals surface area contributed by atoms with Gasteiger partial charge in [-0.2, -0.15) is 0 Å². The van der Waals surface area contributed by atoms with Crippen LogP contribution in [0.1, 0.15) is 116 Å². The van der Waals surface area contributed by atoms with E-state index >= 15 is 0 Å². The van der Waals surface area contributed by atoms with Crippen molar-refractivity contribution in [2.24, 2.45) is 11.8 Å². The first kappa shape index (κ1) is 26.7. The molecule has 1 aromatic heterocycles. The SMILES string of the molecule is CCCCCCC[C@H]1CC[C@H](CCc2cnc(-c3ccc(OCCCCCC)cc3)nc2)CC1. The number of hydrogen-bond acceptors (Lipinski definition) is 3. The second-order valence-electron chi connectivity index (χ2n) is 10.5. The third kappa shape index (κ3) is 9.76. The van der Waals surface area contributed by atoms with Gasteiger partial charge in [0.2, 0.25) is 0 Å². The van der Waals surface area contributed by atoms with Crippen molar-refractivity contribution >= 4 is 0 Å². The van der Waals surface area contributed by atoms with E-state index in [0.29, 0.717) is 0 Å². The Hall–Kier alpha value is -1.90. The average Bonchev–Trinajstić information content (AvgIpc) is 2.89. The lowest BCUT2D eigenvalue weighted by atomic mass is 9.78. The van der Waals surface area contributed by atoms with Crippen molar-refractivity contribution in [3.63, 3.8) is 0 Å². The second-order valence-corrected chi connectivity index (χ2v) is 10.5. The Morgan fingerprint density at radius 1 is 0.706 bits per heavy atom. The van der Waals surface area contributed by atoms with Gasteiger partial charge in [-0.25, -0.2) is 9.97 Å². The van der Waals surface area contributed by atoms with Crippen molar-refractivity contribution < 1.29 is 4.74 Å². The molecule has 188 valence electrons. The van der Waals surface area contributed by atoms with Gasteiger partial charge in [0.25, 0.3) is 0 Å². The quantitative estimate of drug-likeness (QED) is 0.232. The van der Waals surface area contributed by atoms with Crippen LogP contribution >= 0.6 is 0 Å². The molecular weight excluding hydrogens is 416 g/mol. The monoisotopic (exact) mass is 464 g/mol. The van der Waals surface area contributed by atoms with Gasteiger partial charge >= 0.3 is 0 Å². The van der Waals surface area contributed by atoms with Gasteiger partial charge in [-0.3, -0.25) is 0 Å². The van der Waals surface area contributed by atoms with Gasteiger partial charge in [-0.1, -0.05) is 97.3 Å². The molecule has 3 rings (SSSR count). The zero-order valence-electron chi connectivity index (χ0n) is 21.9. The minimum absolute atomic E-state index is 0.797. The van der Waals surface area contributed by atoms with Gasteiger partial charge in [0.15, 0.2) is 5.82 Å². The second kappa shape index (κ2) is 15.9. The number of aryl methyl sites for hydroxylation is 1. The molecule has 0 amide bonds.